The molecular weight excluding hydrogens is 535 g/mol. The molecule has 0 spiro atoms. The van der Waals surface area contributed by atoms with Gasteiger partial charge in [0.25, 0.3) is 17.5 Å². The normalized spacial score (nSPS) is 15.1. The number of rotatable bonds is 5. The maximum Gasteiger partial charge on any atom is 0.419 e. The number of hydrogen-bond acceptors (Lipinski definition) is 6. The van der Waals surface area contributed by atoms with E-state index < -0.39 is 45.5 Å². The summed E-state index contributed by atoms with van der Waals surface area (Å²) in [6.07, 6.45) is -3.76. The van der Waals surface area contributed by atoms with E-state index in [0.29, 0.717) is 5.02 Å². The van der Waals surface area contributed by atoms with Crippen LogP contribution in [0.5, 0.6) is 11.5 Å². The highest BCUT2D eigenvalue weighted by molar-refractivity contribution is 7.80. The van der Waals surface area contributed by atoms with Crippen LogP contribution in [0.3, 0.4) is 0 Å². The Morgan fingerprint density at radius 3 is 2.35 bits per heavy atom. The van der Waals surface area contributed by atoms with Gasteiger partial charge in [0, 0.05) is 22.7 Å². The minimum absolute atomic E-state index is 0.187. The molecule has 0 saturated carbocycles. The molecule has 1 saturated heterocycles. The molecule has 1 N–H and O–H groups in total. The van der Waals surface area contributed by atoms with Gasteiger partial charge in [0.15, 0.2) is 5.11 Å². The van der Waals surface area contributed by atoms with E-state index in [4.69, 9.17) is 28.6 Å². The van der Waals surface area contributed by atoms with Crippen LogP contribution < -0.4 is 15.0 Å². The smallest absolute Gasteiger partial charge is 0.419 e. The van der Waals surface area contributed by atoms with Crippen LogP contribution >= 0.6 is 23.8 Å². The molecule has 37 heavy (non-hydrogen) atoms. The van der Waals surface area contributed by atoms with Gasteiger partial charge in [-0.1, -0.05) is 23.7 Å². The second-order valence-corrected chi connectivity index (χ2v) is 8.33. The van der Waals surface area contributed by atoms with Crippen LogP contribution in [0.25, 0.3) is 6.08 Å². The topological polar surface area (TPSA) is 102 Å². The molecule has 1 aliphatic rings. The first-order valence-electron chi connectivity index (χ1n) is 10.3. The maximum absolute atomic E-state index is 13.5. The minimum Gasteiger partial charge on any atom is -0.456 e. The Kier molecular flexibility index (Phi) is 6.96. The first-order valence-corrected chi connectivity index (χ1v) is 11.0. The molecule has 0 aromatic heterocycles. The number of nitro groups is 1. The standard InChI is InChI=1S/C24H13ClF3N3O5S/c25-14-5-7-15(8-6-14)30-22(33)17(21(32)29-23(30)37)12-13-11-16(31(34)35)9-10-19(13)36-20-4-2-1-3-18(20)24(26,27)28/h1-12H,(H,29,32,37). The highest BCUT2D eigenvalue weighted by Gasteiger charge is 2.36. The molecule has 8 nitrogen and oxygen atoms in total. The van der Waals surface area contributed by atoms with Gasteiger partial charge in [-0.05, 0) is 60.8 Å². The maximum atomic E-state index is 13.5. The summed E-state index contributed by atoms with van der Waals surface area (Å²) in [5.74, 6) is -2.62. The van der Waals surface area contributed by atoms with E-state index in [1.807, 2.05) is 0 Å². The Hall–Kier alpha value is -4.29. The number of amides is 2. The molecule has 0 radical (unpaired) electrons. The fourth-order valence-corrected chi connectivity index (χ4v) is 3.81. The number of hydrogen-bond donors (Lipinski definition) is 1. The lowest BCUT2D eigenvalue weighted by molar-refractivity contribution is -0.384. The molecular formula is C24H13ClF3N3O5S. The molecule has 0 aliphatic carbocycles. The van der Waals surface area contributed by atoms with Crippen molar-refractivity contribution >= 4 is 58.2 Å². The van der Waals surface area contributed by atoms with E-state index in [9.17, 15) is 32.9 Å². The molecule has 4 rings (SSSR count). The second kappa shape index (κ2) is 9.99. The quantitative estimate of drug-likeness (QED) is 0.140. The van der Waals surface area contributed by atoms with Crippen molar-refractivity contribution in [2.75, 3.05) is 4.90 Å². The summed E-state index contributed by atoms with van der Waals surface area (Å²) in [7, 11) is 0. The summed E-state index contributed by atoms with van der Waals surface area (Å²) in [5, 5.41) is 13.9. The van der Waals surface area contributed by atoms with Crippen LogP contribution in [0.15, 0.2) is 72.3 Å². The van der Waals surface area contributed by atoms with Crippen LogP contribution in [0.1, 0.15) is 11.1 Å². The first-order chi connectivity index (χ1) is 17.5. The number of nitrogens with one attached hydrogen (secondary N) is 1. The second-order valence-electron chi connectivity index (χ2n) is 7.51. The third-order valence-corrected chi connectivity index (χ3v) is 5.64. The Labute approximate surface area is 217 Å². The van der Waals surface area contributed by atoms with Gasteiger partial charge in [0.2, 0.25) is 0 Å². The average Bonchev–Trinajstić information content (AvgIpc) is 2.83. The number of non-ortho nitro benzene ring substituents is 1. The van der Waals surface area contributed by atoms with Gasteiger partial charge in [-0.3, -0.25) is 29.9 Å². The lowest BCUT2D eigenvalue weighted by atomic mass is 10.1. The van der Waals surface area contributed by atoms with Gasteiger partial charge >= 0.3 is 6.18 Å². The zero-order valence-electron chi connectivity index (χ0n) is 18.3. The lowest BCUT2D eigenvalue weighted by Crippen LogP contribution is -2.54. The number of alkyl halides is 3. The summed E-state index contributed by atoms with van der Waals surface area (Å²) < 4.78 is 45.8. The van der Waals surface area contributed by atoms with Gasteiger partial charge in [-0.15, -0.1) is 0 Å². The Morgan fingerprint density at radius 1 is 1.03 bits per heavy atom. The molecule has 3 aromatic rings. The van der Waals surface area contributed by atoms with Crippen molar-refractivity contribution in [2.45, 2.75) is 6.18 Å². The summed E-state index contributed by atoms with van der Waals surface area (Å²) in [6, 6.07) is 13.4. The van der Waals surface area contributed by atoms with E-state index in [1.165, 1.54) is 36.4 Å². The predicted molar refractivity (Wildman–Crippen MR) is 132 cm³/mol. The molecule has 3 aromatic carbocycles. The number of ether oxygens (including phenoxy) is 1. The third-order valence-electron chi connectivity index (χ3n) is 5.10. The van der Waals surface area contributed by atoms with Crippen molar-refractivity contribution in [3.63, 3.8) is 0 Å². The van der Waals surface area contributed by atoms with Crippen molar-refractivity contribution < 1.29 is 32.4 Å². The van der Waals surface area contributed by atoms with Crippen LogP contribution in [0.4, 0.5) is 24.5 Å². The van der Waals surface area contributed by atoms with E-state index in [-0.39, 0.29) is 22.1 Å². The molecule has 0 atom stereocenters. The fraction of sp³-hybridized carbons (Fsp3) is 0.0417. The van der Waals surface area contributed by atoms with Crippen molar-refractivity contribution in [3.8, 4) is 11.5 Å². The van der Waals surface area contributed by atoms with Crippen LogP contribution in [-0.2, 0) is 15.8 Å². The fourth-order valence-electron chi connectivity index (χ4n) is 3.40. The summed E-state index contributed by atoms with van der Waals surface area (Å²) in [5.41, 5.74) is -1.93. The number of nitro benzene ring substituents is 1. The molecule has 1 aliphatic heterocycles. The number of carbonyl (C=O) groups excluding carboxylic acids is 2. The number of para-hydroxylation sites is 1. The Bertz CT molecular complexity index is 1480. The zero-order chi connectivity index (χ0) is 26.9. The predicted octanol–water partition coefficient (Wildman–Crippen LogP) is 5.89. The zero-order valence-corrected chi connectivity index (χ0v) is 19.9. The van der Waals surface area contributed by atoms with Gasteiger partial charge in [0.05, 0.1) is 16.2 Å². The monoisotopic (exact) mass is 547 g/mol. The number of nitrogens with zero attached hydrogens (tertiary/aromatic N) is 2. The lowest BCUT2D eigenvalue weighted by Gasteiger charge is -2.29. The number of halogens is 4. The van der Waals surface area contributed by atoms with E-state index in [2.05, 4.69) is 5.32 Å². The van der Waals surface area contributed by atoms with E-state index >= 15 is 0 Å². The molecule has 0 unspecified atom stereocenters. The Morgan fingerprint density at radius 2 is 1.70 bits per heavy atom. The summed E-state index contributed by atoms with van der Waals surface area (Å²) in [6.45, 7) is 0. The summed E-state index contributed by atoms with van der Waals surface area (Å²) in [4.78, 5) is 37.5. The van der Waals surface area contributed by atoms with Gasteiger partial charge < -0.3 is 4.74 Å². The highest BCUT2D eigenvalue weighted by Crippen LogP contribution is 2.39. The number of anilines is 1. The van der Waals surface area contributed by atoms with E-state index in [0.717, 1.165) is 41.3 Å². The van der Waals surface area contributed by atoms with E-state index in [1.54, 1.807) is 0 Å². The average molecular weight is 548 g/mol. The van der Waals surface area contributed by atoms with Crippen molar-refractivity contribution in [2.24, 2.45) is 0 Å². The van der Waals surface area contributed by atoms with Gasteiger partial charge in [0.1, 0.15) is 17.1 Å². The molecule has 2 amide bonds. The highest BCUT2D eigenvalue weighted by atomic mass is 35.5. The number of benzene rings is 3. The van der Waals surface area contributed by atoms with Crippen LogP contribution in [0, 0.1) is 10.1 Å². The SMILES string of the molecule is O=C1NC(=S)N(c2ccc(Cl)cc2)C(=O)C1=Cc1cc([N+](=O)[O-])ccc1Oc1ccccc1C(F)(F)F. The van der Waals surface area contributed by atoms with Gasteiger partial charge in [-0.25, -0.2) is 0 Å². The number of thiocarbonyl (C=S) groups is 1. The van der Waals surface area contributed by atoms with Gasteiger partial charge in [-0.2, -0.15) is 13.2 Å². The molecule has 0 bridgehead atoms. The van der Waals surface area contributed by atoms with Crippen molar-refractivity contribution in [3.05, 3.63) is 98.6 Å². The number of carbonyl (C=O) groups is 2. The largest absolute Gasteiger partial charge is 0.456 e. The molecule has 1 fully saturated rings. The molecule has 13 heteroatoms. The third kappa shape index (κ3) is 5.44. The molecule has 1 heterocycles. The van der Waals surface area contributed by atoms with Crippen molar-refractivity contribution in [1.29, 1.82) is 0 Å². The summed E-state index contributed by atoms with van der Waals surface area (Å²) >= 11 is 11.0. The first kappa shape index (κ1) is 25.8. The Balaban J connectivity index is 1.81. The van der Waals surface area contributed by atoms with Crippen molar-refractivity contribution in [1.82, 2.24) is 5.32 Å². The minimum atomic E-state index is -4.75. The molecule has 188 valence electrons. The van der Waals surface area contributed by atoms with Crippen LogP contribution in [0.2, 0.25) is 5.02 Å². The van der Waals surface area contributed by atoms with Crippen LogP contribution in [-0.4, -0.2) is 21.9 Å².